The van der Waals surface area contributed by atoms with Crippen LogP contribution in [0.25, 0.3) is 5.52 Å². The molecule has 66 valence electrons. The van der Waals surface area contributed by atoms with Crippen molar-refractivity contribution >= 4 is 27.4 Å². The summed E-state index contributed by atoms with van der Waals surface area (Å²) in [7, 11) is 0. The average Bonchev–Trinajstić information content (AvgIpc) is 2.46. The summed E-state index contributed by atoms with van der Waals surface area (Å²) in [5.41, 5.74) is 1.15. The smallest absolute Gasteiger partial charge is 0.352 e. The molecule has 0 saturated heterocycles. The van der Waals surface area contributed by atoms with Crippen LogP contribution in [-0.2, 0) is 0 Å². The van der Waals surface area contributed by atoms with E-state index in [0.717, 1.165) is 9.99 Å². The lowest BCUT2D eigenvalue weighted by molar-refractivity contribution is 0.0689. The monoisotopic (exact) mass is 239 g/mol. The van der Waals surface area contributed by atoms with Crippen molar-refractivity contribution in [3.63, 3.8) is 0 Å². The summed E-state index contributed by atoms with van der Waals surface area (Å²) in [6.07, 6.45) is 1.73. The van der Waals surface area contributed by atoms with Crippen molar-refractivity contribution in [1.29, 1.82) is 0 Å². The third-order valence-corrected chi connectivity index (χ3v) is 2.30. The first-order valence-electron chi connectivity index (χ1n) is 3.68. The fraction of sp³-hybridized carbons (Fsp3) is 0. The molecule has 0 bridgehead atoms. The van der Waals surface area contributed by atoms with Crippen molar-refractivity contribution in [2.45, 2.75) is 0 Å². The summed E-state index contributed by atoms with van der Waals surface area (Å²) in [6.45, 7) is 0. The Kier molecular flexibility index (Phi) is 1.84. The summed E-state index contributed by atoms with van der Waals surface area (Å²) < 4.78 is 2.49. The molecule has 2 aromatic rings. The van der Waals surface area contributed by atoms with E-state index < -0.39 is 5.97 Å². The normalized spacial score (nSPS) is 10.5. The van der Waals surface area contributed by atoms with E-state index in [1.54, 1.807) is 22.7 Å². The number of carboxylic acid groups (broad SMARTS) is 1. The summed E-state index contributed by atoms with van der Waals surface area (Å²) >= 11 is 3.29. The van der Waals surface area contributed by atoms with Gasteiger partial charge in [-0.1, -0.05) is 0 Å². The van der Waals surface area contributed by atoms with E-state index in [1.165, 1.54) is 0 Å². The SMILES string of the molecule is O=C(O)c1ccc2ccc(Br)cn12. The molecule has 0 aromatic carbocycles. The molecule has 0 aliphatic carbocycles. The average molecular weight is 240 g/mol. The van der Waals surface area contributed by atoms with Crippen LogP contribution in [0.15, 0.2) is 34.9 Å². The van der Waals surface area contributed by atoms with E-state index >= 15 is 0 Å². The maximum absolute atomic E-state index is 10.8. The predicted octanol–water partition coefficient (Wildman–Crippen LogP) is 2.40. The van der Waals surface area contributed by atoms with Crippen LogP contribution in [0.3, 0.4) is 0 Å². The Morgan fingerprint density at radius 3 is 2.69 bits per heavy atom. The number of hydrogen-bond acceptors (Lipinski definition) is 1. The molecule has 0 unspecified atom stereocenters. The molecule has 1 N–H and O–H groups in total. The highest BCUT2D eigenvalue weighted by atomic mass is 79.9. The van der Waals surface area contributed by atoms with Crippen LogP contribution in [0.4, 0.5) is 0 Å². The van der Waals surface area contributed by atoms with Crippen LogP contribution in [-0.4, -0.2) is 15.5 Å². The van der Waals surface area contributed by atoms with Gasteiger partial charge in [-0.05, 0) is 40.2 Å². The fourth-order valence-electron chi connectivity index (χ4n) is 1.25. The number of aromatic carboxylic acids is 1. The van der Waals surface area contributed by atoms with Gasteiger partial charge < -0.3 is 9.51 Å². The molecule has 13 heavy (non-hydrogen) atoms. The van der Waals surface area contributed by atoms with Gasteiger partial charge in [0.25, 0.3) is 0 Å². The number of rotatable bonds is 1. The molecule has 0 fully saturated rings. The van der Waals surface area contributed by atoms with Crippen LogP contribution >= 0.6 is 15.9 Å². The number of nitrogens with zero attached hydrogens (tertiary/aromatic N) is 1. The Morgan fingerprint density at radius 1 is 1.31 bits per heavy atom. The molecule has 2 rings (SSSR count). The zero-order valence-electron chi connectivity index (χ0n) is 6.57. The van der Waals surface area contributed by atoms with Crippen LogP contribution in [0.5, 0.6) is 0 Å². The third kappa shape index (κ3) is 1.33. The van der Waals surface area contributed by atoms with Crippen LogP contribution in [0, 0.1) is 0 Å². The highest BCUT2D eigenvalue weighted by molar-refractivity contribution is 9.10. The molecule has 0 saturated carbocycles. The quantitative estimate of drug-likeness (QED) is 0.831. The van der Waals surface area contributed by atoms with Crippen LogP contribution in [0.1, 0.15) is 10.5 Å². The Bertz CT molecular complexity index is 475. The van der Waals surface area contributed by atoms with E-state index in [-0.39, 0.29) is 5.69 Å². The van der Waals surface area contributed by atoms with Crippen molar-refractivity contribution in [1.82, 2.24) is 4.40 Å². The third-order valence-electron chi connectivity index (χ3n) is 1.83. The summed E-state index contributed by atoms with van der Waals surface area (Å²) in [6, 6.07) is 7.09. The van der Waals surface area contributed by atoms with Gasteiger partial charge in [-0.3, -0.25) is 0 Å². The first-order chi connectivity index (χ1) is 6.18. The molecule has 3 nitrogen and oxygen atoms in total. The minimum atomic E-state index is -0.918. The molecular weight excluding hydrogens is 234 g/mol. The lowest BCUT2D eigenvalue weighted by Crippen LogP contribution is -2.00. The molecule has 0 atom stereocenters. The van der Waals surface area contributed by atoms with Crippen molar-refractivity contribution in [3.05, 3.63) is 40.6 Å². The molecular formula is C9H6BrNO2. The molecule has 4 heteroatoms. The van der Waals surface area contributed by atoms with Gasteiger partial charge in [0.1, 0.15) is 5.69 Å². The number of aromatic nitrogens is 1. The molecule has 2 aromatic heterocycles. The first kappa shape index (κ1) is 8.31. The van der Waals surface area contributed by atoms with Gasteiger partial charge in [-0.2, -0.15) is 0 Å². The van der Waals surface area contributed by atoms with Gasteiger partial charge in [0.15, 0.2) is 0 Å². The number of carboxylic acids is 1. The Hall–Kier alpha value is -1.29. The zero-order valence-corrected chi connectivity index (χ0v) is 8.15. The molecule has 2 heterocycles. The van der Waals surface area contributed by atoms with Crippen LogP contribution < -0.4 is 0 Å². The van der Waals surface area contributed by atoms with Crippen LogP contribution in [0.2, 0.25) is 0 Å². The Balaban J connectivity index is 2.79. The van der Waals surface area contributed by atoms with E-state index in [1.807, 2.05) is 12.1 Å². The highest BCUT2D eigenvalue weighted by Gasteiger charge is 2.07. The molecule has 0 spiro atoms. The van der Waals surface area contributed by atoms with Gasteiger partial charge in [0.2, 0.25) is 0 Å². The second-order valence-corrected chi connectivity index (χ2v) is 3.58. The largest absolute Gasteiger partial charge is 0.477 e. The van der Waals surface area contributed by atoms with Crippen molar-refractivity contribution in [2.24, 2.45) is 0 Å². The molecule has 0 amide bonds. The number of carbonyl (C=O) groups is 1. The highest BCUT2D eigenvalue weighted by Crippen LogP contribution is 2.15. The lowest BCUT2D eigenvalue weighted by atomic mass is 10.4. The standard InChI is InChI=1S/C9H6BrNO2/c10-6-1-2-7-3-4-8(9(12)13)11(7)5-6/h1-5H,(H,12,13). The number of hydrogen-bond donors (Lipinski definition) is 1. The predicted molar refractivity (Wildman–Crippen MR) is 52.1 cm³/mol. The van der Waals surface area contributed by atoms with E-state index in [0.29, 0.717) is 0 Å². The van der Waals surface area contributed by atoms with Gasteiger partial charge >= 0.3 is 5.97 Å². The molecule has 0 aliphatic rings. The number of halogens is 1. The van der Waals surface area contributed by atoms with E-state index in [9.17, 15) is 4.79 Å². The second-order valence-electron chi connectivity index (χ2n) is 2.67. The zero-order chi connectivity index (χ0) is 9.42. The van der Waals surface area contributed by atoms with Gasteiger partial charge in [0, 0.05) is 16.2 Å². The van der Waals surface area contributed by atoms with Gasteiger partial charge in [-0.25, -0.2) is 4.79 Å². The Morgan fingerprint density at radius 2 is 2.00 bits per heavy atom. The number of fused-ring (bicyclic) bond motifs is 1. The first-order valence-corrected chi connectivity index (χ1v) is 4.48. The fourth-order valence-corrected chi connectivity index (χ4v) is 1.59. The van der Waals surface area contributed by atoms with Gasteiger partial charge in [0.05, 0.1) is 0 Å². The minimum Gasteiger partial charge on any atom is -0.477 e. The summed E-state index contributed by atoms with van der Waals surface area (Å²) in [5.74, 6) is -0.918. The second kappa shape index (κ2) is 2.88. The van der Waals surface area contributed by atoms with E-state index in [4.69, 9.17) is 5.11 Å². The molecule has 0 aliphatic heterocycles. The Labute approximate surface area is 82.7 Å². The molecule has 0 radical (unpaired) electrons. The lowest BCUT2D eigenvalue weighted by Gasteiger charge is -1.98. The summed E-state index contributed by atoms with van der Waals surface area (Å²) in [4.78, 5) is 10.8. The van der Waals surface area contributed by atoms with Crippen molar-refractivity contribution in [2.75, 3.05) is 0 Å². The number of pyridine rings is 1. The van der Waals surface area contributed by atoms with E-state index in [2.05, 4.69) is 15.9 Å². The van der Waals surface area contributed by atoms with Crippen molar-refractivity contribution < 1.29 is 9.90 Å². The van der Waals surface area contributed by atoms with Crippen molar-refractivity contribution in [3.8, 4) is 0 Å². The maximum atomic E-state index is 10.8. The van der Waals surface area contributed by atoms with Gasteiger partial charge in [-0.15, -0.1) is 0 Å². The maximum Gasteiger partial charge on any atom is 0.352 e. The minimum absolute atomic E-state index is 0.274. The topological polar surface area (TPSA) is 41.7 Å². The summed E-state index contributed by atoms with van der Waals surface area (Å²) in [5, 5.41) is 8.83.